The van der Waals surface area contributed by atoms with E-state index in [9.17, 15) is 4.79 Å². The molecule has 6 nitrogen and oxygen atoms in total. The largest absolute Gasteiger partial charge is 0.439 e. The smallest absolute Gasteiger partial charge is 0.238 e. The Hall–Kier alpha value is -2.96. The van der Waals surface area contributed by atoms with E-state index in [2.05, 4.69) is 10.3 Å². The van der Waals surface area contributed by atoms with Gasteiger partial charge in [0.2, 0.25) is 11.8 Å². The zero-order valence-electron chi connectivity index (χ0n) is 17.1. The molecule has 1 N–H and O–H groups in total. The Balaban J connectivity index is 1.65. The molecule has 3 aromatic rings. The number of nitrogens with one attached hydrogen (secondary N) is 1. The van der Waals surface area contributed by atoms with Gasteiger partial charge in [0.25, 0.3) is 0 Å². The van der Waals surface area contributed by atoms with Gasteiger partial charge in [0.1, 0.15) is 0 Å². The van der Waals surface area contributed by atoms with Crippen molar-refractivity contribution in [2.45, 2.75) is 20.4 Å². The Labute approximate surface area is 171 Å². The Kier molecular flexibility index (Phi) is 7.16. The first-order valence-corrected chi connectivity index (χ1v) is 9.64. The van der Waals surface area contributed by atoms with Crippen molar-refractivity contribution in [1.82, 2.24) is 9.88 Å². The average Bonchev–Trinajstić information content (AvgIpc) is 3.19. The van der Waals surface area contributed by atoms with Gasteiger partial charge >= 0.3 is 0 Å². The highest BCUT2D eigenvalue weighted by molar-refractivity contribution is 5.93. The van der Waals surface area contributed by atoms with Crippen molar-refractivity contribution in [3.63, 3.8) is 0 Å². The van der Waals surface area contributed by atoms with Crippen molar-refractivity contribution in [3.8, 4) is 11.3 Å². The molecule has 3 rings (SSSR count). The maximum Gasteiger partial charge on any atom is 0.238 e. The summed E-state index contributed by atoms with van der Waals surface area (Å²) in [6.45, 7) is 5.80. The van der Waals surface area contributed by atoms with Crippen LogP contribution >= 0.6 is 0 Å². The Morgan fingerprint density at radius 3 is 2.69 bits per heavy atom. The predicted octanol–water partition coefficient (Wildman–Crippen LogP) is 4.05. The summed E-state index contributed by atoms with van der Waals surface area (Å²) in [7, 11) is 1.65. The molecule has 1 aromatic heterocycles. The summed E-state index contributed by atoms with van der Waals surface area (Å²) in [5.74, 6) is 1.20. The van der Waals surface area contributed by atoms with E-state index in [0.717, 1.165) is 22.4 Å². The summed E-state index contributed by atoms with van der Waals surface area (Å²) in [6, 6.07) is 15.7. The molecule has 0 aliphatic heterocycles. The van der Waals surface area contributed by atoms with Crippen molar-refractivity contribution >= 4 is 11.6 Å². The third kappa shape index (κ3) is 5.76. The number of amides is 1. The number of carbonyl (C=O) groups excluding carboxylic acids is 1. The van der Waals surface area contributed by atoms with Gasteiger partial charge in [-0.3, -0.25) is 9.69 Å². The van der Waals surface area contributed by atoms with Crippen molar-refractivity contribution in [3.05, 3.63) is 71.7 Å². The molecule has 0 saturated heterocycles. The second kappa shape index (κ2) is 10.0. The third-order valence-electron chi connectivity index (χ3n) is 4.83. The first-order chi connectivity index (χ1) is 14.1. The first kappa shape index (κ1) is 20.8. The molecule has 29 heavy (non-hydrogen) atoms. The van der Waals surface area contributed by atoms with Crippen LogP contribution in [0.5, 0.6) is 0 Å². The van der Waals surface area contributed by atoms with Gasteiger partial charge < -0.3 is 14.5 Å². The minimum absolute atomic E-state index is 0.0790. The molecular formula is C23H27N3O3. The lowest BCUT2D eigenvalue weighted by atomic mass is 10.1. The number of ether oxygens (including phenoxy) is 1. The van der Waals surface area contributed by atoms with Crippen LogP contribution in [0.4, 0.5) is 5.69 Å². The van der Waals surface area contributed by atoms with Crippen LogP contribution in [0.2, 0.25) is 0 Å². The molecule has 1 amide bonds. The van der Waals surface area contributed by atoms with Crippen LogP contribution in [0.25, 0.3) is 11.3 Å². The average molecular weight is 393 g/mol. The molecule has 0 bridgehead atoms. The van der Waals surface area contributed by atoms with E-state index in [4.69, 9.17) is 9.15 Å². The van der Waals surface area contributed by atoms with Gasteiger partial charge in [-0.1, -0.05) is 42.5 Å². The summed E-state index contributed by atoms with van der Waals surface area (Å²) in [4.78, 5) is 19.0. The van der Waals surface area contributed by atoms with Crippen molar-refractivity contribution in [1.29, 1.82) is 0 Å². The van der Waals surface area contributed by atoms with Crippen LogP contribution in [0, 0.1) is 13.8 Å². The SMILES string of the molecule is COCCN(CC(=O)Nc1cccc(C)c1C)Cc1ncc(-c2ccccc2)o1. The van der Waals surface area contributed by atoms with E-state index in [1.165, 1.54) is 0 Å². The van der Waals surface area contributed by atoms with Crippen molar-refractivity contribution in [2.24, 2.45) is 0 Å². The highest BCUT2D eigenvalue weighted by atomic mass is 16.5. The van der Waals surface area contributed by atoms with E-state index < -0.39 is 0 Å². The number of anilines is 1. The van der Waals surface area contributed by atoms with Gasteiger partial charge in [0, 0.05) is 24.9 Å². The normalized spacial score (nSPS) is 11.0. The number of nitrogens with zero attached hydrogens (tertiary/aromatic N) is 2. The zero-order valence-corrected chi connectivity index (χ0v) is 17.1. The van der Waals surface area contributed by atoms with Crippen LogP contribution in [-0.4, -0.2) is 42.6 Å². The molecule has 6 heteroatoms. The molecular weight excluding hydrogens is 366 g/mol. The molecule has 1 heterocycles. The van der Waals surface area contributed by atoms with Gasteiger partial charge in [-0.15, -0.1) is 0 Å². The molecule has 0 aliphatic carbocycles. The van der Waals surface area contributed by atoms with E-state index in [-0.39, 0.29) is 12.5 Å². The molecule has 152 valence electrons. The highest BCUT2D eigenvalue weighted by Gasteiger charge is 2.16. The lowest BCUT2D eigenvalue weighted by Gasteiger charge is -2.20. The van der Waals surface area contributed by atoms with Crippen LogP contribution in [0.3, 0.4) is 0 Å². The molecule has 0 atom stereocenters. The Morgan fingerprint density at radius 2 is 1.93 bits per heavy atom. The number of rotatable bonds is 9. The van der Waals surface area contributed by atoms with Crippen LogP contribution in [0.1, 0.15) is 17.0 Å². The number of hydrogen-bond acceptors (Lipinski definition) is 5. The quantitative estimate of drug-likeness (QED) is 0.594. The lowest BCUT2D eigenvalue weighted by Crippen LogP contribution is -2.35. The highest BCUT2D eigenvalue weighted by Crippen LogP contribution is 2.21. The zero-order chi connectivity index (χ0) is 20.6. The van der Waals surface area contributed by atoms with Crippen LogP contribution in [0.15, 0.2) is 59.1 Å². The number of carbonyl (C=O) groups is 1. The minimum atomic E-state index is -0.0790. The standard InChI is InChI=1S/C23H27N3O3/c1-17-8-7-11-20(18(17)2)25-22(27)15-26(12-13-28-3)16-23-24-14-21(29-23)19-9-5-4-6-10-19/h4-11,14H,12-13,15-16H2,1-3H3,(H,25,27). The topological polar surface area (TPSA) is 67.6 Å². The van der Waals surface area contributed by atoms with Gasteiger partial charge in [-0.2, -0.15) is 0 Å². The molecule has 0 aliphatic rings. The molecule has 0 saturated carbocycles. The lowest BCUT2D eigenvalue weighted by molar-refractivity contribution is -0.117. The van der Waals surface area contributed by atoms with Gasteiger partial charge in [0.05, 0.1) is 25.9 Å². The van der Waals surface area contributed by atoms with E-state index in [1.54, 1.807) is 13.3 Å². The number of aryl methyl sites for hydroxylation is 1. The molecule has 2 aromatic carbocycles. The Bertz CT molecular complexity index is 938. The Morgan fingerprint density at radius 1 is 1.14 bits per heavy atom. The summed E-state index contributed by atoms with van der Waals surface area (Å²) in [5.41, 5.74) is 4.03. The number of aromatic nitrogens is 1. The number of benzene rings is 2. The van der Waals surface area contributed by atoms with E-state index in [0.29, 0.717) is 31.3 Å². The second-order valence-corrected chi connectivity index (χ2v) is 6.98. The van der Waals surface area contributed by atoms with Crippen molar-refractivity contribution in [2.75, 3.05) is 32.1 Å². The molecule has 0 fully saturated rings. The minimum Gasteiger partial charge on any atom is -0.439 e. The molecule has 0 unspecified atom stereocenters. The second-order valence-electron chi connectivity index (χ2n) is 6.98. The fourth-order valence-electron chi connectivity index (χ4n) is 3.02. The molecule has 0 radical (unpaired) electrons. The first-order valence-electron chi connectivity index (χ1n) is 9.64. The monoisotopic (exact) mass is 393 g/mol. The summed E-state index contributed by atoms with van der Waals surface area (Å²) >= 11 is 0. The van der Waals surface area contributed by atoms with E-state index >= 15 is 0 Å². The fraction of sp³-hybridized carbons (Fsp3) is 0.304. The van der Waals surface area contributed by atoms with Gasteiger partial charge in [-0.05, 0) is 31.0 Å². The third-order valence-corrected chi connectivity index (χ3v) is 4.83. The van der Waals surface area contributed by atoms with Crippen molar-refractivity contribution < 1.29 is 13.9 Å². The molecule has 0 spiro atoms. The summed E-state index contributed by atoms with van der Waals surface area (Å²) < 4.78 is 11.1. The maximum absolute atomic E-state index is 12.6. The number of hydrogen-bond donors (Lipinski definition) is 1. The number of methoxy groups -OCH3 is 1. The summed E-state index contributed by atoms with van der Waals surface area (Å²) in [6.07, 6.45) is 1.72. The maximum atomic E-state index is 12.6. The summed E-state index contributed by atoms with van der Waals surface area (Å²) in [5, 5.41) is 3.00. The van der Waals surface area contributed by atoms with Crippen LogP contribution in [-0.2, 0) is 16.1 Å². The van der Waals surface area contributed by atoms with Gasteiger partial charge in [0.15, 0.2) is 5.76 Å². The number of oxazole rings is 1. The van der Waals surface area contributed by atoms with Gasteiger partial charge in [-0.25, -0.2) is 4.98 Å². The fourth-order valence-corrected chi connectivity index (χ4v) is 3.02. The van der Waals surface area contributed by atoms with Crippen LogP contribution < -0.4 is 5.32 Å². The van der Waals surface area contributed by atoms with E-state index in [1.807, 2.05) is 67.3 Å². The predicted molar refractivity (Wildman–Crippen MR) is 114 cm³/mol.